The van der Waals surface area contributed by atoms with Gasteiger partial charge in [-0.15, -0.1) is 0 Å². The van der Waals surface area contributed by atoms with Crippen molar-refractivity contribution in [2.75, 3.05) is 39.6 Å². The highest BCUT2D eigenvalue weighted by Gasteiger charge is 2.30. The molecule has 0 aromatic rings. The number of esters is 4. The molecule has 0 amide bonds. The number of rotatable bonds is 66. The molecule has 0 saturated heterocycles. The quantitative estimate of drug-likeness (QED) is 0.0222. The predicted octanol–water partition coefficient (Wildman–Crippen LogP) is 19.1. The first kappa shape index (κ1) is 85.1. The van der Waals surface area contributed by atoms with Crippen LogP contribution in [0, 0.1) is 17.8 Å². The first-order valence-corrected chi connectivity index (χ1v) is 38.3. The number of carbonyl (C=O) groups is 4. The van der Waals surface area contributed by atoms with Crippen LogP contribution in [0.25, 0.3) is 0 Å². The Labute approximate surface area is 530 Å². The number of phosphoric acid groups is 2. The minimum Gasteiger partial charge on any atom is -0.462 e. The SMILES string of the molecule is CCCCCCCCCC(=O)OC[C@H](COP(=O)(O)OC[C@H](O)COP(=O)(O)OC[C@@H](COC(=O)CCCCCCCCCCCCC(C)C)OC(=O)CCCCCCCCCCCCCCCCCC(C)C)OC(=O)CCCCCCCCC(C)C. The molecule has 3 N–H and O–H groups in total. The van der Waals surface area contributed by atoms with E-state index < -0.39 is 97.5 Å². The molecule has 0 heterocycles. The molecular formula is C68H132O17P2. The van der Waals surface area contributed by atoms with Crippen molar-refractivity contribution in [3.8, 4) is 0 Å². The molecule has 0 saturated carbocycles. The van der Waals surface area contributed by atoms with Crippen LogP contribution in [-0.2, 0) is 65.4 Å². The number of hydrogen-bond acceptors (Lipinski definition) is 15. The van der Waals surface area contributed by atoms with Gasteiger partial charge in [0.1, 0.15) is 19.3 Å². The zero-order chi connectivity index (χ0) is 64.5. The number of unbranched alkanes of at least 4 members (excludes halogenated alkanes) is 34. The van der Waals surface area contributed by atoms with Crippen LogP contribution in [0.4, 0.5) is 0 Å². The predicted molar refractivity (Wildman–Crippen MR) is 349 cm³/mol. The van der Waals surface area contributed by atoms with Gasteiger partial charge in [-0.2, -0.15) is 0 Å². The molecule has 2 unspecified atom stereocenters. The number of aliphatic hydroxyl groups is 1. The van der Waals surface area contributed by atoms with Gasteiger partial charge in [0, 0.05) is 25.7 Å². The molecule has 0 aliphatic carbocycles. The Morgan fingerprint density at radius 2 is 0.529 bits per heavy atom. The van der Waals surface area contributed by atoms with Gasteiger partial charge in [-0.05, 0) is 43.4 Å². The largest absolute Gasteiger partial charge is 0.472 e. The van der Waals surface area contributed by atoms with Crippen LogP contribution in [0.2, 0.25) is 0 Å². The molecule has 516 valence electrons. The third kappa shape index (κ3) is 62.6. The summed E-state index contributed by atoms with van der Waals surface area (Å²) >= 11 is 0. The highest BCUT2D eigenvalue weighted by atomic mass is 31.2. The lowest BCUT2D eigenvalue weighted by atomic mass is 10.0. The first-order valence-electron chi connectivity index (χ1n) is 35.3. The van der Waals surface area contributed by atoms with Crippen LogP contribution >= 0.6 is 15.6 Å². The Bertz CT molecular complexity index is 1720. The molecule has 0 spiro atoms. The van der Waals surface area contributed by atoms with E-state index in [0.717, 1.165) is 115 Å². The monoisotopic (exact) mass is 1280 g/mol. The normalized spacial score (nSPS) is 14.3. The Hall–Kier alpha value is -1.94. The zero-order valence-corrected chi connectivity index (χ0v) is 58.3. The molecule has 19 heteroatoms. The minimum absolute atomic E-state index is 0.101. The van der Waals surface area contributed by atoms with Crippen LogP contribution in [0.15, 0.2) is 0 Å². The Morgan fingerprint density at radius 1 is 0.310 bits per heavy atom. The van der Waals surface area contributed by atoms with Crippen LogP contribution in [0.1, 0.15) is 337 Å². The minimum atomic E-state index is -4.95. The summed E-state index contributed by atoms with van der Waals surface area (Å²) in [5.74, 6) is 0.0930. The number of carbonyl (C=O) groups excluding carboxylic acids is 4. The molecular weight excluding hydrogens is 1150 g/mol. The summed E-state index contributed by atoms with van der Waals surface area (Å²) in [6.07, 6.45) is 42.0. The topological polar surface area (TPSA) is 237 Å². The highest BCUT2D eigenvalue weighted by Crippen LogP contribution is 2.45. The fraction of sp³-hybridized carbons (Fsp3) is 0.941. The number of hydrogen-bond donors (Lipinski definition) is 3. The van der Waals surface area contributed by atoms with E-state index in [9.17, 15) is 43.2 Å². The average molecular weight is 1280 g/mol. The number of ether oxygens (including phenoxy) is 4. The van der Waals surface area contributed by atoms with Crippen molar-refractivity contribution in [3.63, 3.8) is 0 Å². The van der Waals surface area contributed by atoms with Crippen molar-refractivity contribution >= 4 is 39.5 Å². The number of phosphoric ester groups is 2. The smallest absolute Gasteiger partial charge is 0.462 e. The zero-order valence-electron chi connectivity index (χ0n) is 56.5. The summed E-state index contributed by atoms with van der Waals surface area (Å²) in [7, 11) is -9.89. The molecule has 17 nitrogen and oxygen atoms in total. The molecule has 0 radical (unpaired) electrons. The van der Waals surface area contributed by atoms with Crippen molar-refractivity contribution < 1.29 is 80.2 Å². The van der Waals surface area contributed by atoms with Crippen molar-refractivity contribution in [1.29, 1.82) is 0 Å². The summed E-state index contributed by atoms with van der Waals surface area (Å²) in [5, 5.41) is 10.5. The second-order valence-electron chi connectivity index (χ2n) is 26.0. The van der Waals surface area contributed by atoms with E-state index in [4.69, 9.17) is 37.0 Å². The molecule has 5 atom stereocenters. The molecule has 87 heavy (non-hydrogen) atoms. The average Bonchev–Trinajstić information content (AvgIpc) is 3.61. The maximum absolute atomic E-state index is 13.0. The summed E-state index contributed by atoms with van der Waals surface area (Å²) < 4.78 is 68.0. The van der Waals surface area contributed by atoms with E-state index in [1.807, 2.05) is 0 Å². The fourth-order valence-corrected chi connectivity index (χ4v) is 11.8. The van der Waals surface area contributed by atoms with E-state index in [-0.39, 0.29) is 25.7 Å². The van der Waals surface area contributed by atoms with Crippen LogP contribution < -0.4 is 0 Å². The lowest BCUT2D eigenvalue weighted by Gasteiger charge is -2.21. The van der Waals surface area contributed by atoms with E-state index in [2.05, 4.69) is 48.5 Å². The lowest BCUT2D eigenvalue weighted by molar-refractivity contribution is -0.161. The van der Waals surface area contributed by atoms with E-state index in [1.165, 1.54) is 135 Å². The van der Waals surface area contributed by atoms with Crippen LogP contribution in [-0.4, -0.2) is 96.7 Å². The summed E-state index contributed by atoms with van der Waals surface area (Å²) in [6.45, 7) is 11.7. The third-order valence-corrected chi connectivity index (χ3v) is 17.5. The van der Waals surface area contributed by atoms with Gasteiger partial charge in [0.15, 0.2) is 12.2 Å². The Balaban J connectivity index is 5.18. The van der Waals surface area contributed by atoms with Gasteiger partial charge in [-0.1, -0.05) is 286 Å². The van der Waals surface area contributed by atoms with Gasteiger partial charge < -0.3 is 33.8 Å². The summed E-state index contributed by atoms with van der Waals surface area (Å²) in [5.41, 5.74) is 0. The standard InChI is InChI=1S/C68H132O17P2/c1-8-9-10-11-25-35-42-49-65(70)78-55-64(85-68(73)52-45-38-31-30-34-41-48-61(6)7)58-83-87(76,77)81-54-62(69)53-80-86(74,75)82-57-63(56-79-66(71)50-43-36-28-23-20-19-22-27-33-40-47-60(4)5)84-67(72)51-44-37-29-24-18-16-14-12-13-15-17-21-26-32-39-46-59(2)3/h59-64,69H,8-58H2,1-7H3,(H,74,75)(H,76,77)/t62-,63-,64-/m1/s1. The van der Waals surface area contributed by atoms with Gasteiger partial charge in [-0.3, -0.25) is 37.3 Å². The second kappa shape index (κ2) is 59.1. The molecule has 0 aliphatic rings. The number of aliphatic hydroxyl groups excluding tert-OH is 1. The van der Waals surface area contributed by atoms with Gasteiger partial charge in [-0.25, -0.2) is 9.13 Å². The van der Waals surface area contributed by atoms with Gasteiger partial charge >= 0.3 is 39.5 Å². The van der Waals surface area contributed by atoms with Crippen molar-refractivity contribution in [2.24, 2.45) is 17.8 Å². The lowest BCUT2D eigenvalue weighted by Crippen LogP contribution is -2.30. The van der Waals surface area contributed by atoms with Crippen LogP contribution in [0.3, 0.4) is 0 Å². The van der Waals surface area contributed by atoms with E-state index in [0.29, 0.717) is 31.6 Å². The maximum atomic E-state index is 13.0. The van der Waals surface area contributed by atoms with Crippen molar-refractivity contribution in [3.05, 3.63) is 0 Å². The molecule has 0 bridgehead atoms. The van der Waals surface area contributed by atoms with E-state index >= 15 is 0 Å². The molecule has 0 fully saturated rings. The molecule has 0 aromatic heterocycles. The van der Waals surface area contributed by atoms with Gasteiger partial charge in [0.05, 0.1) is 26.4 Å². The summed E-state index contributed by atoms with van der Waals surface area (Å²) in [6, 6.07) is 0. The maximum Gasteiger partial charge on any atom is 0.472 e. The second-order valence-corrected chi connectivity index (χ2v) is 28.9. The highest BCUT2D eigenvalue weighted by molar-refractivity contribution is 7.47. The van der Waals surface area contributed by atoms with Crippen LogP contribution in [0.5, 0.6) is 0 Å². The van der Waals surface area contributed by atoms with E-state index in [1.54, 1.807) is 0 Å². The molecule has 0 aromatic carbocycles. The Kier molecular flexibility index (Phi) is 57.8. The Morgan fingerprint density at radius 3 is 0.782 bits per heavy atom. The summed E-state index contributed by atoms with van der Waals surface area (Å²) in [4.78, 5) is 72.2. The molecule has 0 aliphatic heterocycles. The fourth-order valence-electron chi connectivity index (χ4n) is 10.2. The first-order chi connectivity index (χ1) is 41.7. The van der Waals surface area contributed by atoms with Crippen molar-refractivity contribution in [1.82, 2.24) is 0 Å². The van der Waals surface area contributed by atoms with Crippen molar-refractivity contribution in [2.45, 2.75) is 356 Å². The van der Waals surface area contributed by atoms with Gasteiger partial charge in [0.25, 0.3) is 0 Å². The van der Waals surface area contributed by atoms with Gasteiger partial charge in [0.2, 0.25) is 0 Å². The third-order valence-electron chi connectivity index (χ3n) is 15.6. The molecule has 0 rings (SSSR count).